The fourth-order valence-electron chi connectivity index (χ4n) is 1.13. The molecule has 0 atom stereocenters. The van der Waals surface area contributed by atoms with E-state index in [2.05, 4.69) is 119 Å². The quantitative estimate of drug-likeness (QED) is 0.405. The molecule has 28 heavy (non-hydrogen) atoms. The van der Waals surface area contributed by atoms with Gasteiger partial charge in [0.25, 0.3) is 0 Å². The minimum absolute atomic E-state index is 0. The zero-order valence-electron chi connectivity index (χ0n) is 21.9. The molecule has 0 aromatic heterocycles. The average molecular weight is 415 g/mol. The van der Waals surface area contributed by atoms with Gasteiger partial charge in [-0.2, -0.15) is 0 Å². The highest BCUT2D eigenvalue weighted by molar-refractivity contribution is 8.03. The van der Waals surface area contributed by atoms with Crippen LogP contribution in [0.1, 0.15) is 118 Å². The van der Waals surface area contributed by atoms with Crippen molar-refractivity contribution in [3.8, 4) is 0 Å². The highest BCUT2D eigenvalue weighted by Gasteiger charge is 2.09. The van der Waals surface area contributed by atoms with Gasteiger partial charge in [-0.1, -0.05) is 149 Å². The van der Waals surface area contributed by atoms with E-state index in [0.29, 0.717) is 21.0 Å². The van der Waals surface area contributed by atoms with Crippen LogP contribution in [0.2, 0.25) is 0 Å². The monoisotopic (exact) mass is 414 g/mol. The Kier molecular flexibility index (Phi) is 25.4. The smallest absolute Gasteiger partial charge is 0.0116 e. The summed E-state index contributed by atoms with van der Waals surface area (Å²) in [5, 5.41) is 2.21. The molecule has 0 aliphatic heterocycles. The van der Waals surface area contributed by atoms with E-state index in [4.69, 9.17) is 0 Å². The van der Waals surface area contributed by atoms with Gasteiger partial charge >= 0.3 is 0 Å². The summed E-state index contributed by atoms with van der Waals surface area (Å²) in [7, 11) is 0. The molecule has 0 N–H and O–H groups in total. The number of rotatable bonds is 2. The van der Waals surface area contributed by atoms with Crippen LogP contribution in [0.5, 0.6) is 0 Å². The molecule has 0 aliphatic rings. The lowest BCUT2D eigenvalue weighted by Gasteiger charge is -2.16. The van der Waals surface area contributed by atoms with E-state index < -0.39 is 0 Å². The Morgan fingerprint density at radius 2 is 0.714 bits per heavy atom. The van der Waals surface area contributed by atoms with Crippen LogP contribution in [-0.4, -0.2) is 4.75 Å². The topological polar surface area (TPSA) is 0 Å². The summed E-state index contributed by atoms with van der Waals surface area (Å²) in [6.07, 6.45) is 10.9. The van der Waals surface area contributed by atoms with Crippen molar-refractivity contribution in [3.63, 3.8) is 0 Å². The van der Waals surface area contributed by atoms with Crippen molar-refractivity contribution in [2.75, 3.05) is 0 Å². The molecule has 0 spiro atoms. The van der Waals surface area contributed by atoms with E-state index in [1.165, 1.54) is 0 Å². The standard InChI is InChI=1S/C12H22.C10H20S.2C2H6.CH4/c1-11(2,3)9-7-8-10-12(4,5)6;1-9(2,3)7-8-11-10(4,5)6;2*1-2;/h7-10H,1-6H3;7-8H,1-6H3;2*1-2H3;1H4. The zero-order valence-corrected chi connectivity index (χ0v) is 22.7. The maximum absolute atomic E-state index is 2.25. The van der Waals surface area contributed by atoms with Crippen LogP contribution in [0.3, 0.4) is 0 Å². The molecule has 0 saturated carbocycles. The summed E-state index contributed by atoms with van der Waals surface area (Å²) in [4.78, 5) is 0. The summed E-state index contributed by atoms with van der Waals surface area (Å²) < 4.78 is 0.349. The van der Waals surface area contributed by atoms with Crippen molar-refractivity contribution in [2.45, 2.75) is 123 Å². The number of hydrogen-bond donors (Lipinski definition) is 0. The average Bonchev–Trinajstić information content (AvgIpc) is 2.44. The molecular formula is C27H58S. The molecule has 172 valence electrons. The zero-order chi connectivity index (χ0) is 22.9. The molecule has 0 saturated heterocycles. The van der Waals surface area contributed by atoms with Crippen molar-refractivity contribution in [3.05, 3.63) is 35.8 Å². The summed E-state index contributed by atoms with van der Waals surface area (Å²) >= 11 is 1.88. The third kappa shape index (κ3) is 56.2. The summed E-state index contributed by atoms with van der Waals surface area (Å²) in [5.74, 6) is 0. The third-order valence-electron chi connectivity index (χ3n) is 2.29. The Morgan fingerprint density at radius 3 is 0.893 bits per heavy atom. The highest BCUT2D eigenvalue weighted by atomic mass is 32.2. The second kappa shape index (κ2) is 18.6. The van der Waals surface area contributed by atoms with E-state index in [1.807, 2.05) is 39.5 Å². The van der Waals surface area contributed by atoms with E-state index in [9.17, 15) is 0 Å². The van der Waals surface area contributed by atoms with Gasteiger partial charge in [0.05, 0.1) is 0 Å². The second-order valence-corrected chi connectivity index (χ2v) is 12.1. The van der Waals surface area contributed by atoms with Crippen molar-refractivity contribution in [2.24, 2.45) is 16.2 Å². The molecule has 0 radical (unpaired) electrons. The first-order valence-corrected chi connectivity index (χ1v) is 11.5. The van der Waals surface area contributed by atoms with Gasteiger partial charge in [0.15, 0.2) is 0 Å². The first-order valence-electron chi connectivity index (χ1n) is 10.6. The maximum Gasteiger partial charge on any atom is 0.0116 e. The SMILES string of the molecule is C.CC.CC.CC(C)(C)C=CC=CC(C)(C)C.CC(C)(C)C=CSC(C)(C)C. The normalized spacial score (nSPS) is 12.4. The fourth-order valence-corrected chi connectivity index (χ4v) is 2.02. The minimum Gasteiger partial charge on any atom is -0.128 e. The molecule has 0 amide bonds. The Labute approximate surface area is 186 Å². The minimum atomic E-state index is 0. The predicted molar refractivity (Wildman–Crippen MR) is 143 cm³/mol. The first-order chi connectivity index (χ1) is 11.9. The van der Waals surface area contributed by atoms with Crippen LogP contribution < -0.4 is 0 Å². The van der Waals surface area contributed by atoms with Gasteiger partial charge in [0.1, 0.15) is 0 Å². The lowest BCUT2D eigenvalue weighted by atomic mass is 9.94. The van der Waals surface area contributed by atoms with Gasteiger partial charge in [-0.05, 0) is 21.7 Å². The van der Waals surface area contributed by atoms with Gasteiger partial charge in [0.2, 0.25) is 0 Å². The lowest BCUT2D eigenvalue weighted by molar-refractivity contribution is 0.539. The van der Waals surface area contributed by atoms with Gasteiger partial charge < -0.3 is 0 Å². The van der Waals surface area contributed by atoms with Crippen LogP contribution in [-0.2, 0) is 0 Å². The molecule has 0 fully saturated rings. The highest BCUT2D eigenvalue weighted by Crippen LogP contribution is 2.26. The molecule has 1 heteroatoms. The first kappa shape index (κ1) is 38.2. The second-order valence-electron chi connectivity index (χ2n) is 10.3. The van der Waals surface area contributed by atoms with E-state index >= 15 is 0 Å². The molecule has 0 nitrogen and oxygen atoms in total. The molecule has 0 bridgehead atoms. The molecule has 0 aliphatic carbocycles. The van der Waals surface area contributed by atoms with E-state index in [1.54, 1.807) is 0 Å². The van der Waals surface area contributed by atoms with Crippen molar-refractivity contribution < 1.29 is 0 Å². The van der Waals surface area contributed by atoms with Crippen molar-refractivity contribution in [1.82, 2.24) is 0 Å². The number of allylic oxidation sites excluding steroid dienone is 5. The molecular weight excluding hydrogens is 356 g/mol. The molecule has 0 aromatic carbocycles. The van der Waals surface area contributed by atoms with Gasteiger partial charge in [-0.15, -0.1) is 11.8 Å². The maximum atomic E-state index is 2.25. The molecule has 0 rings (SSSR count). The summed E-state index contributed by atoms with van der Waals surface area (Å²) in [5.41, 5.74) is 0.905. The molecule has 0 unspecified atom stereocenters. The fraction of sp³-hybridized carbons (Fsp3) is 0.778. The lowest BCUT2D eigenvalue weighted by Crippen LogP contribution is -2.05. The Bertz CT molecular complexity index is 360. The summed E-state index contributed by atoms with van der Waals surface area (Å²) in [6.45, 7) is 34.5. The Hall–Kier alpha value is -0.430. The summed E-state index contributed by atoms with van der Waals surface area (Å²) in [6, 6.07) is 0. The van der Waals surface area contributed by atoms with Crippen LogP contribution in [0.15, 0.2) is 35.8 Å². The Balaban J connectivity index is -0.000000104. The molecule has 0 aromatic rings. The van der Waals surface area contributed by atoms with Gasteiger partial charge in [-0.3, -0.25) is 0 Å². The van der Waals surface area contributed by atoms with Crippen molar-refractivity contribution in [1.29, 1.82) is 0 Å². The van der Waals surface area contributed by atoms with Crippen LogP contribution in [0, 0.1) is 16.2 Å². The number of thioether (sulfide) groups is 1. The van der Waals surface area contributed by atoms with Gasteiger partial charge in [-0.25, -0.2) is 0 Å². The van der Waals surface area contributed by atoms with Crippen LogP contribution >= 0.6 is 11.8 Å². The third-order valence-corrected chi connectivity index (χ3v) is 3.27. The van der Waals surface area contributed by atoms with Crippen molar-refractivity contribution >= 4 is 11.8 Å². The predicted octanol–water partition coefficient (Wildman–Crippen LogP) is 11.0. The van der Waals surface area contributed by atoms with E-state index in [0.717, 1.165) is 0 Å². The van der Waals surface area contributed by atoms with Gasteiger partial charge in [0, 0.05) is 4.75 Å². The van der Waals surface area contributed by atoms with Crippen LogP contribution in [0.4, 0.5) is 0 Å². The van der Waals surface area contributed by atoms with Crippen LogP contribution in [0.25, 0.3) is 0 Å². The largest absolute Gasteiger partial charge is 0.128 e. The molecule has 0 heterocycles. The Morgan fingerprint density at radius 1 is 0.464 bits per heavy atom. The van der Waals surface area contributed by atoms with E-state index in [-0.39, 0.29) is 7.43 Å². The number of hydrogen-bond acceptors (Lipinski definition) is 1.